The molecule has 6 heteroatoms. The Bertz CT molecular complexity index is 959. The highest BCUT2D eigenvalue weighted by atomic mass is 16.3. The second-order valence-corrected chi connectivity index (χ2v) is 6.33. The molecular weight excluding hydrogens is 328 g/mol. The molecule has 4 rings (SSSR count). The molecule has 0 radical (unpaired) electrons. The lowest BCUT2D eigenvalue weighted by atomic mass is 9.97. The van der Waals surface area contributed by atoms with Crippen molar-refractivity contribution in [3.63, 3.8) is 0 Å². The first-order valence-electron chi connectivity index (χ1n) is 8.42. The third kappa shape index (κ3) is 2.95. The first kappa shape index (κ1) is 16.4. The molecule has 0 aliphatic carbocycles. The summed E-state index contributed by atoms with van der Waals surface area (Å²) in [5, 5.41) is 10.4. The van der Waals surface area contributed by atoms with Crippen LogP contribution < -0.4 is 0 Å². The number of carbonyl (C=O) groups excluding carboxylic acids is 1. The average molecular weight is 346 g/mol. The van der Waals surface area contributed by atoms with Gasteiger partial charge in [-0.3, -0.25) is 9.78 Å². The number of hydrogen-bond donors (Lipinski definition) is 1. The lowest BCUT2D eigenvalue weighted by Gasteiger charge is -2.32. The largest absolute Gasteiger partial charge is 0.387 e. The van der Waals surface area contributed by atoms with Crippen molar-refractivity contribution in [3.8, 4) is 11.4 Å². The molecule has 26 heavy (non-hydrogen) atoms. The zero-order chi connectivity index (χ0) is 18.1. The Balaban J connectivity index is 1.61. The fraction of sp³-hybridized carbons (Fsp3) is 0.200. The molecule has 1 N–H and O–H groups in total. The van der Waals surface area contributed by atoms with Gasteiger partial charge in [0.25, 0.3) is 5.91 Å². The third-order valence-corrected chi connectivity index (χ3v) is 4.59. The molecule has 0 saturated heterocycles. The topological polar surface area (TPSA) is 79.2 Å². The normalized spacial score (nSPS) is 16.2. The Morgan fingerprint density at radius 2 is 2.04 bits per heavy atom. The number of nitrogens with zero attached hydrogens (tertiary/aromatic N) is 4. The van der Waals surface area contributed by atoms with E-state index in [9.17, 15) is 9.90 Å². The molecule has 1 aromatic carbocycles. The van der Waals surface area contributed by atoms with Gasteiger partial charge in [-0.25, -0.2) is 9.97 Å². The van der Waals surface area contributed by atoms with Gasteiger partial charge in [-0.2, -0.15) is 0 Å². The Labute approximate surface area is 151 Å². The number of β-amino-alcohol motifs (C(OH)–C–C–N with tert-alkyl or cyclic N) is 1. The summed E-state index contributed by atoms with van der Waals surface area (Å²) in [6.07, 6.45) is 4.25. The summed E-state index contributed by atoms with van der Waals surface area (Å²) < 4.78 is 0. The molecule has 2 aromatic heterocycles. The number of pyridine rings is 1. The number of aliphatic hydroxyl groups excluding tert-OH is 1. The van der Waals surface area contributed by atoms with Crippen LogP contribution >= 0.6 is 0 Å². The second-order valence-electron chi connectivity index (χ2n) is 6.33. The van der Waals surface area contributed by atoms with Crippen molar-refractivity contribution in [2.75, 3.05) is 6.54 Å². The van der Waals surface area contributed by atoms with Crippen molar-refractivity contribution in [1.29, 1.82) is 0 Å². The molecule has 0 unspecified atom stereocenters. The highest BCUT2D eigenvalue weighted by molar-refractivity contribution is 5.95. The van der Waals surface area contributed by atoms with Crippen LogP contribution in [-0.4, -0.2) is 37.4 Å². The van der Waals surface area contributed by atoms with E-state index in [1.807, 2.05) is 36.4 Å². The van der Waals surface area contributed by atoms with Crippen LogP contribution in [0, 0.1) is 6.92 Å². The Kier molecular flexibility index (Phi) is 4.18. The van der Waals surface area contributed by atoms with Gasteiger partial charge < -0.3 is 10.0 Å². The fourth-order valence-corrected chi connectivity index (χ4v) is 3.22. The Morgan fingerprint density at radius 3 is 2.81 bits per heavy atom. The highest BCUT2D eigenvalue weighted by Crippen LogP contribution is 2.27. The first-order chi connectivity index (χ1) is 12.6. The van der Waals surface area contributed by atoms with E-state index in [0.717, 1.165) is 16.7 Å². The van der Waals surface area contributed by atoms with Gasteiger partial charge in [0.1, 0.15) is 0 Å². The van der Waals surface area contributed by atoms with Crippen molar-refractivity contribution in [2.24, 2.45) is 0 Å². The molecular formula is C20H18N4O2. The predicted octanol–water partition coefficient (Wildman–Crippen LogP) is 2.54. The van der Waals surface area contributed by atoms with Crippen LogP contribution in [-0.2, 0) is 6.54 Å². The summed E-state index contributed by atoms with van der Waals surface area (Å²) in [6, 6.07) is 11.3. The van der Waals surface area contributed by atoms with Gasteiger partial charge in [0, 0.05) is 30.7 Å². The van der Waals surface area contributed by atoms with E-state index in [1.54, 1.807) is 30.4 Å². The SMILES string of the molecule is Cc1nc(-c2cccnc2)ncc1C(=O)N1Cc2ccccc2[C@H](O)C1. The monoisotopic (exact) mass is 346 g/mol. The Morgan fingerprint density at radius 1 is 1.19 bits per heavy atom. The van der Waals surface area contributed by atoms with Gasteiger partial charge in [0.15, 0.2) is 5.82 Å². The van der Waals surface area contributed by atoms with Gasteiger partial charge in [0.2, 0.25) is 0 Å². The van der Waals surface area contributed by atoms with Crippen LogP contribution in [0.25, 0.3) is 11.4 Å². The first-order valence-corrected chi connectivity index (χ1v) is 8.42. The van der Waals surface area contributed by atoms with Crippen LogP contribution in [0.2, 0.25) is 0 Å². The highest BCUT2D eigenvalue weighted by Gasteiger charge is 2.28. The van der Waals surface area contributed by atoms with E-state index < -0.39 is 6.10 Å². The average Bonchev–Trinajstić information content (AvgIpc) is 2.68. The minimum absolute atomic E-state index is 0.172. The molecule has 0 saturated carbocycles. The standard InChI is InChI=1S/C20H18N4O2/c1-13-17(10-22-19(23-13)14-6-4-8-21-9-14)20(26)24-11-15-5-2-3-7-16(15)18(25)12-24/h2-10,18,25H,11-12H2,1H3/t18-/m1/s1. The maximum atomic E-state index is 12.9. The number of benzene rings is 1. The van der Waals surface area contributed by atoms with Gasteiger partial charge >= 0.3 is 0 Å². The van der Waals surface area contributed by atoms with Crippen LogP contribution in [0.4, 0.5) is 0 Å². The minimum atomic E-state index is -0.681. The molecule has 1 atom stereocenters. The molecule has 6 nitrogen and oxygen atoms in total. The number of hydrogen-bond acceptors (Lipinski definition) is 5. The lowest BCUT2D eigenvalue weighted by molar-refractivity contribution is 0.0548. The fourth-order valence-electron chi connectivity index (χ4n) is 3.22. The van der Waals surface area contributed by atoms with E-state index in [4.69, 9.17) is 0 Å². The van der Waals surface area contributed by atoms with Gasteiger partial charge in [0.05, 0.1) is 23.9 Å². The number of rotatable bonds is 2. The summed E-state index contributed by atoms with van der Waals surface area (Å²) in [4.78, 5) is 27.4. The van der Waals surface area contributed by atoms with E-state index in [2.05, 4.69) is 15.0 Å². The van der Waals surface area contributed by atoms with E-state index in [-0.39, 0.29) is 12.5 Å². The molecule has 1 amide bonds. The number of aromatic nitrogens is 3. The minimum Gasteiger partial charge on any atom is -0.387 e. The smallest absolute Gasteiger partial charge is 0.257 e. The summed E-state index contributed by atoms with van der Waals surface area (Å²) in [5.74, 6) is 0.366. The summed E-state index contributed by atoms with van der Waals surface area (Å²) >= 11 is 0. The number of amides is 1. The van der Waals surface area contributed by atoms with Crippen LogP contribution in [0.5, 0.6) is 0 Å². The molecule has 1 aliphatic rings. The molecule has 3 aromatic rings. The number of aliphatic hydroxyl groups is 1. The molecule has 3 heterocycles. The molecule has 0 spiro atoms. The van der Waals surface area contributed by atoms with Gasteiger partial charge in [-0.1, -0.05) is 24.3 Å². The summed E-state index contributed by atoms with van der Waals surface area (Å²) in [7, 11) is 0. The quantitative estimate of drug-likeness (QED) is 0.771. The van der Waals surface area contributed by atoms with Gasteiger partial charge in [-0.05, 0) is 30.2 Å². The lowest BCUT2D eigenvalue weighted by Crippen LogP contribution is -2.38. The molecule has 130 valence electrons. The Hall–Kier alpha value is -3.12. The number of aryl methyl sites for hydroxylation is 1. The number of carbonyl (C=O) groups is 1. The van der Waals surface area contributed by atoms with E-state index in [1.165, 1.54) is 0 Å². The van der Waals surface area contributed by atoms with Crippen molar-refractivity contribution >= 4 is 5.91 Å². The van der Waals surface area contributed by atoms with Crippen LogP contribution in [0.15, 0.2) is 55.0 Å². The number of fused-ring (bicyclic) bond motifs is 1. The van der Waals surface area contributed by atoms with Crippen molar-refractivity contribution in [3.05, 3.63) is 77.4 Å². The van der Waals surface area contributed by atoms with Crippen LogP contribution in [0.3, 0.4) is 0 Å². The summed E-state index contributed by atoms with van der Waals surface area (Å²) in [5.41, 5.74) is 3.71. The summed E-state index contributed by atoms with van der Waals surface area (Å²) in [6.45, 7) is 2.53. The maximum absolute atomic E-state index is 12.9. The molecule has 0 fully saturated rings. The zero-order valence-corrected chi connectivity index (χ0v) is 14.3. The maximum Gasteiger partial charge on any atom is 0.257 e. The van der Waals surface area contributed by atoms with E-state index >= 15 is 0 Å². The third-order valence-electron chi connectivity index (χ3n) is 4.59. The van der Waals surface area contributed by atoms with E-state index in [0.29, 0.717) is 23.6 Å². The van der Waals surface area contributed by atoms with Crippen molar-refractivity contribution < 1.29 is 9.90 Å². The second kappa shape index (κ2) is 6.65. The molecule has 0 bridgehead atoms. The van der Waals surface area contributed by atoms with Crippen molar-refractivity contribution in [1.82, 2.24) is 19.9 Å². The zero-order valence-electron chi connectivity index (χ0n) is 14.3. The predicted molar refractivity (Wildman–Crippen MR) is 96.1 cm³/mol. The van der Waals surface area contributed by atoms with Gasteiger partial charge in [-0.15, -0.1) is 0 Å². The van der Waals surface area contributed by atoms with Crippen molar-refractivity contribution in [2.45, 2.75) is 19.6 Å². The van der Waals surface area contributed by atoms with Crippen LogP contribution in [0.1, 0.15) is 33.3 Å². The molecule has 1 aliphatic heterocycles.